The minimum absolute atomic E-state index is 0.165. The van der Waals surface area contributed by atoms with Gasteiger partial charge < -0.3 is 19.7 Å². The maximum absolute atomic E-state index is 11.7. The van der Waals surface area contributed by atoms with Crippen molar-refractivity contribution in [3.63, 3.8) is 0 Å². The Kier molecular flexibility index (Phi) is 4.76. The number of amides is 2. The first-order chi connectivity index (χ1) is 8.40. The van der Waals surface area contributed by atoms with Crippen molar-refractivity contribution in [2.75, 3.05) is 13.6 Å². The van der Waals surface area contributed by atoms with Gasteiger partial charge in [0.1, 0.15) is 11.5 Å². The van der Waals surface area contributed by atoms with Crippen LogP contribution in [0.4, 0.5) is 4.79 Å². The summed E-state index contributed by atoms with van der Waals surface area (Å²) in [6.07, 6.45) is 0. The number of urea groups is 1. The van der Waals surface area contributed by atoms with E-state index in [4.69, 9.17) is 9.52 Å². The third kappa shape index (κ3) is 4.12. The Hall–Kier alpha value is -1.98. The molecular formula is C12H18N2O4. The van der Waals surface area contributed by atoms with Crippen LogP contribution in [0.15, 0.2) is 16.5 Å². The lowest BCUT2D eigenvalue weighted by atomic mass is 10.2. The third-order valence-corrected chi connectivity index (χ3v) is 2.53. The summed E-state index contributed by atoms with van der Waals surface area (Å²) in [6, 6.07) is 3.28. The number of nitrogens with zero attached hydrogens (tertiary/aromatic N) is 1. The molecule has 6 heteroatoms. The van der Waals surface area contributed by atoms with Crippen molar-refractivity contribution >= 4 is 12.0 Å². The van der Waals surface area contributed by atoms with E-state index in [0.717, 1.165) is 5.76 Å². The Morgan fingerprint density at radius 1 is 1.50 bits per heavy atom. The minimum atomic E-state index is -0.920. The fraction of sp³-hybridized carbons (Fsp3) is 0.500. The number of aliphatic carboxylic acids is 1. The van der Waals surface area contributed by atoms with E-state index in [1.807, 2.05) is 13.0 Å². The molecule has 1 heterocycles. The summed E-state index contributed by atoms with van der Waals surface area (Å²) in [5.41, 5.74) is 0. The van der Waals surface area contributed by atoms with Gasteiger partial charge in [-0.3, -0.25) is 4.79 Å². The molecule has 0 spiro atoms. The van der Waals surface area contributed by atoms with Crippen LogP contribution in [0, 0.1) is 12.8 Å². The van der Waals surface area contributed by atoms with Crippen molar-refractivity contribution in [2.24, 2.45) is 5.92 Å². The molecule has 0 radical (unpaired) electrons. The highest BCUT2D eigenvalue weighted by Gasteiger charge is 2.17. The van der Waals surface area contributed by atoms with Crippen molar-refractivity contribution in [3.05, 3.63) is 23.7 Å². The number of carboxylic acids is 1. The van der Waals surface area contributed by atoms with Gasteiger partial charge in [-0.1, -0.05) is 6.92 Å². The lowest BCUT2D eigenvalue weighted by Crippen LogP contribution is -2.40. The Bertz CT molecular complexity index is 427. The summed E-state index contributed by atoms with van der Waals surface area (Å²) in [6.45, 7) is 3.84. The quantitative estimate of drug-likeness (QED) is 0.833. The van der Waals surface area contributed by atoms with E-state index in [9.17, 15) is 9.59 Å². The van der Waals surface area contributed by atoms with Crippen molar-refractivity contribution < 1.29 is 19.1 Å². The van der Waals surface area contributed by atoms with Crippen LogP contribution in [0.5, 0.6) is 0 Å². The van der Waals surface area contributed by atoms with Crippen LogP contribution < -0.4 is 5.32 Å². The monoisotopic (exact) mass is 254 g/mol. The molecule has 1 unspecified atom stereocenters. The average molecular weight is 254 g/mol. The second-order valence-electron chi connectivity index (χ2n) is 4.29. The fourth-order valence-corrected chi connectivity index (χ4v) is 1.45. The van der Waals surface area contributed by atoms with E-state index in [0.29, 0.717) is 12.3 Å². The van der Waals surface area contributed by atoms with Gasteiger partial charge in [0.25, 0.3) is 0 Å². The first kappa shape index (κ1) is 14.1. The minimum Gasteiger partial charge on any atom is -0.481 e. The predicted octanol–water partition coefficient (Wildman–Crippen LogP) is 1.45. The van der Waals surface area contributed by atoms with Crippen molar-refractivity contribution in [2.45, 2.75) is 20.4 Å². The lowest BCUT2D eigenvalue weighted by Gasteiger charge is -2.19. The van der Waals surface area contributed by atoms with Gasteiger partial charge in [-0.05, 0) is 19.1 Å². The summed E-state index contributed by atoms with van der Waals surface area (Å²) in [4.78, 5) is 23.7. The van der Waals surface area contributed by atoms with E-state index in [2.05, 4.69) is 5.32 Å². The summed E-state index contributed by atoms with van der Waals surface area (Å²) in [5.74, 6) is -0.0597. The van der Waals surface area contributed by atoms with Gasteiger partial charge in [0.2, 0.25) is 0 Å². The summed E-state index contributed by atoms with van der Waals surface area (Å²) in [7, 11) is 1.56. The first-order valence-corrected chi connectivity index (χ1v) is 5.67. The zero-order valence-corrected chi connectivity index (χ0v) is 10.8. The lowest BCUT2D eigenvalue weighted by molar-refractivity contribution is -0.141. The molecule has 0 aliphatic rings. The molecular weight excluding hydrogens is 236 g/mol. The van der Waals surface area contributed by atoms with Gasteiger partial charge in [-0.2, -0.15) is 0 Å². The van der Waals surface area contributed by atoms with E-state index in [-0.39, 0.29) is 12.6 Å². The van der Waals surface area contributed by atoms with Crippen LogP contribution >= 0.6 is 0 Å². The molecule has 0 aromatic carbocycles. The molecule has 2 N–H and O–H groups in total. The smallest absolute Gasteiger partial charge is 0.317 e. The van der Waals surface area contributed by atoms with E-state index in [1.54, 1.807) is 20.0 Å². The molecule has 1 atom stereocenters. The van der Waals surface area contributed by atoms with E-state index in [1.165, 1.54) is 4.90 Å². The molecule has 6 nitrogen and oxygen atoms in total. The molecule has 1 aromatic rings. The fourth-order valence-electron chi connectivity index (χ4n) is 1.45. The number of hydrogen-bond donors (Lipinski definition) is 2. The maximum Gasteiger partial charge on any atom is 0.317 e. The van der Waals surface area contributed by atoms with E-state index >= 15 is 0 Å². The topological polar surface area (TPSA) is 82.8 Å². The number of nitrogens with one attached hydrogen (secondary N) is 1. The normalized spacial score (nSPS) is 11.9. The highest BCUT2D eigenvalue weighted by molar-refractivity contribution is 5.75. The highest BCUT2D eigenvalue weighted by atomic mass is 16.4. The van der Waals surface area contributed by atoms with Crippen molar-refractivity contribution in [1.82, 2.24) is 10.2 Å². The number of carbonyl (C=O) groups excluding carboxylic acids is 1. The van der Waals surface area contributed by atoms with Crippen LogP contribution in [0.1, 0.15) is 18.4 Å². The van der Waals surface area contributed by atoms with Crippen molar-refractivity contribution in [3.8, 4) is 0 Å². The van der Waals surface area contributed by atoms with Gasteiger partial charge in [0.05, 0.1) is 12.5 Å². The number of aryl methyl sites for hydroxylation is 1. The Balaban J connectivity index is 2.38. The largest absolute Gasteiger partial charge is 0.481 e. The second kappa shape index (κ2) is 6.09. The van der Waals surface area contributed by atoms with Gasteiger partial charge in [0, 0.05) is 13.6 Å². The molecule has 0 saturated carbocycles. The molecule has 0 saturated heterocycles. The second-order valence-corrected chi connectivity index (χ2v) is 4.29. The first-order valence-electron chi connectivity index (χ1n) is 5.67. The Labute approximate surface area is 106 Å². The third-order valence-electron chi connectivity index (χ3n) is 2.53. The van der Waals surface area contributed by atoms with Crippen LogP contribution in [-0.4, -0.2) is 35.6 Å². The molecule has 1 aromatic heterocycles. The number of rotatable bonds is 5. The highest BCUT2D eigenvalue weighted by Crippen LogP contribution is 2.06. The zero-order chi connectivity index (χ0) is 13.7. The van der Waals surface area contributed by atoms with Crippen LogP contribution in [0.25, 0.3) is 0 Å². The zero-order valence-electron chi connectivity index (χ0n) is 10.8. The summed E-state index contributed by atoms with van der Waals surface area (Å²) < 4.78 is 5.31. The number of carbonyl (C=O) groups is 2. The molecule has 0 aliphatic heterocycles. The SMILES string of the molecule is Cc1ccc(CNC(=O)N(C)CC(C)C(=O)O)o1. The summed E-state index contributed by atoms with van der Waals surface area (Å²) >= 11 is 0. The van der Waals surface area contributed by atoms with Crippen LogP contribution in [0.3, 0.4) is 0 Å². The van der Waals surface area contributed by atoms with Gasteiger partial charge in [-0.15, -0.1) is 0 Å². The van der Waals surface area contributed by atoms with Crippen molar-refractivity contribution in [1.29, 1.82) is 0 Å². The Morgan fingerprint density at radius 2 is 2.17 bits per heavy atom. The average Bonchev–Trinajstić information content (AvgIpc) is 2.71. The van der Waals surface area contributed by atoms with Gasteiger partial charge in [-0.25, -0.2) is 4.79 Å². The maximum atomic E-state index is 11.7. The van der Waals surface area contributed by atoms with Gasteiger partial charge >= 0.3 is 12.0 Å². The predicted molar refractivity (Wildman–Crippen MR) is 65.1 cm³/mol. The number of furan rings is 1. The number of hydrogen-bond acceptors (Lipinski definition) is 3. The molecule has 0 bridgehead atoms. The molecule has 0 aliphatic carbocycles. The number of carboxylic acid groups (broad SMARTS) is 1. The molecule has 18 heavy (non-hydrogen) atoms. The molecule has 2 amide bonds. The summed E-state index contributed by atoms with van der Waals surface area (Å²) in [5, 5.41) is 11.4. The van der Waals surface area contributed by atoms with Gasteiger partial charge in [0.15, 0.2) is 0 Å². The molecule has 0 fully saturated rings. The molecule has 1 rings (SSSR count). The van der Waals surface area contributed by atoms with E-state index < -0.39 is 11.9 Å². The Morgan fingerprint density at radius 3 is 2.67 bits per heavy atom. The molecule has 100 valence electrons. The van der Waals surface area contributed by atoms with Crippen LogP contribution in [-0.2, 0) is 11.3 Å². The van der Waals surface area contributed by atoms with Crippen LogP contribution in [0.2, 0.25) is 0 Å². The standard InChI is InChI=1S/C12H18N2O4/c1-8(11(15)16)7-14(3)12(17)13-6-10-5-4-9(2)18-10/h4-5,8H,6-7H2,1-3H3,(H,13,17)(H,15,16).